The van der Waals surface area contributed by atoms with Crippen LogP contribution in [0, 0.1) is 0 Å². The van der Waals surface area contributed by atoms with Crippen molar-refractivity contribution in [2.24, 2.45) is 0 Å². The van der Waals surface area contributed by atoms with Crippen molar-refractivity contribution in [3.63, 3.8) is 0 Å². The van der Waals surface area contributed by atoms with E-state index in [2.05, 4.69) is 22.1 Å². The predicted octanol–water partition coefficient (Wildman–Crippen LogP) is 1.43. The summed E-state index contributed by atoms with van der Waals surface area (Å²) in [7, 11) is 1.67. The maximum atomic E-state index is 11.4. The van der Waals surface area contributed by atoms with Crippen molar-refractivity contribution in [1.29, 1.82) is 0 Å². The second-order valence-electron chi connectivity index (χ2n) is 4.06. The average Bonchev–Trinajstić information content (AvgIpc) is 2.37. The van der Waals surface area contributed by atoms with Gasteiger partial charge in [-0.25, -0.2) is 0 Å². The Labute approximate surface area is 103 Å². The van der Waals surface area contributed by atoms with E-state index in [0.29, 0.717) is 6.54 Å². The molecule has 0 atom stereocenters. The number of nitrogens with zero attached hydrogens (tertiary/aromatic N) is 2. The van der Waals surface area contributed by atoms with Gasteiger partial charge in [0.25, 0.3) is 0 Å². The average molecular weight is 235 g/mol. The number of rotatable bonds is 7. The summed E-state index contributed by atoms with van der Waals surface area (Å²) < 4.78 is 0. The molecule has 0 aliphatic heterocycles. The lowest BCUT2D eigenvalue weighted by atomic mass is 10.2. The third-order valence-corrected chi connectivity index (χ3v) is 2.59. The molecule has 0 saturated heterocycles. The van der Waals surface area contributed by atoms with E-state index in [1.54, 1.807) is 13.2 Å². The number of pyridine rings is 1. The number of hydrogen-bond acceptors (Lipinski definition) is 3. The Hall–Kier alpha value is -1.42. The van der Waals surface area contributed by atoms with Crippen molar-refractivity contribution in [3.05, 3.63) is 30.1 Å². The molecule has 4 heteroatoms. The highest BCUT2D eigenvalue weighted by molar-refractivity contribution is 5.77. The molecule has 1 rings (SSSR count). The minimum atomic E-state index is 0.0528. The zero-order valence-electron chi connectivity index (χ0n) is 10.6. The van der Waals surface area contributed by atoms with E-state index < -0.39 is 0 Å². The fraction of sp³-hybridized carbons (Fsp3) is 0.538. The predicted molar refractivity (Wildman–Crippen MR) is 68.5 cm³/mol. The van der Waals surface area contributed by atoms with Gasteiger partial charge in [0.2, 0.25) is 5.91 Å². The Morgan fingerprint density at radius 1 is 1.47 bits per heavy atom. The number of likely N-dealkylation sites (N-methyl/N-ethyl adjacent to an activating group) is 1. The maximum absolute atomic E-state index is 11.4. The molecule has 0 aliphatic rings. The number of aromatic nitrogens is 1. The van der Waals surface area contributed by atoms with E-state index in [4.69, 9.17) is 0 Å². The van der Waals surface area contributed by atoms with Crippen LogP contribution < -0.4 is 5.32 Å². The molecule has 1 aromatic heterocycles. The van der Waals surface area contributed by atoms with Crippen molar-refractivity contribution in [2.45, 2.75) is 26.3 Å². The van der Waals surface area contributed by atoms with Gasteiger partial charge in [0.15, 0.2) is 0 Å². The van der Waals surface area contributed by atoms with Gasteiger partial charge in [-0.3, -0.25) is 14.7 Å². The Bertz CT molecular complexity index is 327. The second-order valence-corrected chi connectivity index (χ2v) is 4.06. The largest absolute Gasteiger partial charge is 0.358 e. The lowest BCUT2D eigenvalue weighted by Gasteiger charge is -2.20. The van der Waals surface area contributed by atoms with Crippen LogP contribution in [0.3, 0.4) is 0 Å². The van der Waals surface area contributed by atoms with Crippen LogP contribution in [0.15, 0.2) is 24.4 Å². The molecule has 0 aliphatic carbocycles. The third-order valence-electron chi connectivity index (χ3n) is 2.59. The molecule has 4 nitrogen and oxygen atoms in total. The topological polar surface area (TPSA) is 45.2 Å². The van der Waals surface area contributed by atoms with Gasteiger partial charge < -0.3 is 5.32 Å². The number of carbonyl (C=O) groups is 1. The lowest BCUT2D eigenvalue weighted by Crippen LogP contribution is -2.36. The molecule has 1 N–H and O–H groups in total. The van der Waals surface area contributed by atoms with Crippen LogP contribution in [-0.4, -0.2) is 35.9 Å². The number of nitrogens with one attached hydrogen (secondary N) is 1. The van der Waals surface area contributed by atoms with Gasteiger partial charge in [0.1, 0.15) is 0 Å². The quantitative estimate of drug-likeness (QED) is 0.777. The van der Waals surface area contributed by atoms with Gasteiger partial charge in [-0.2, -0.15) is 0 Å². The number of hydrogen-bond donors (Lipinski definition) is 1. The van der Waals surface area contributed by atoms with E-state index in [9.17, 15) is 4.79 Å². The monoisotopic (exact) mass is 235 g/mol. The first-order chi connectivity index (χ1) is 8.26. The summed E-state index contributed by atoms with van der Waals surface area (Å²) in [6.07, 6.45) is 4.02. The third kappa shape index (κ3) is 5.45. The molecule has 0 aromatic carbocycles. The summed E-state index contributed by atoms with van der Waals surface area (Å²) in [6.45, 7) is 4.25. The lowest BCUT2D eigenvalue weighted by molar-refractivity contribution is -0.121. The number of amides is 1. The molecule has 1 heterocycles. The molecule has 94 valence electrons. The van der Waals surface area contributed by atoms with Crippen LogP contribution in [0.5, 0.6) is 0 Å². The van der Waals surface area contributed by atoms with E-state index in [1.807, 2.05) is 18.2 Å². The van der Waals surface area contributed by atoms with Crippen molar-refractivity contribution >= 4 is 5.91 Å². The van der Waals surface area contributed by atoms with Crippen molar-refractivity contribution < 1.29 is 4.79 Å². The van der Waals surface area contributed by atoms with Crippen LogP contribution in [0.2, 0.25) is 0 Å². The molecule has 1 amide bonds. The summed E-state index contributed by atoms with van der Waals surface area (Å²) in [6, 6.07) is 5.86. The van der Waals surface area contributed by atoms with Crippen molar-refractivity contribution in [1.82, 2.24) is 15.2 Å². The van der Waals surface area contributed by atoms with E-state index in [0.717, 1.165) is 31.6 Å². The van der Waals surface area contributed by atoms with Gasteiger partial charge in [-0.15, -0.1) is 0 Å². The second kappa shape index (κ2) is 7.79. The van der Waals surface area contributed by atoms with E-state index in [1.165, 1.54) is 0 Å². The Balaban J connectivity index is 2.53. The SMILES string of the molecule is CCCCN(CC(=O)NC)Cc1ccccn1. The fourth-order valence-corrected chi connectivity index (χ4v) is 1.60. The standard InChI is InChI=1S/C13H21N3O/c1-3-4-9-16(11-13(17)14-2)10-12-7-5-6-8-15-12/h5-8H,3-4,9-11H2,1-2H3,(H,14,17). The van der Waals surface area contributed by atoms with Crippen molar-refractivity contribution in [2.75, 3.05) is 20.1 Å². The zero-order valence-corrected chi connectivity index (χ0v) is 10.6. The fourth-order valence-electron chi connectivity index (χ4n) is 1.60. The van der Waals surface area contributed by atoms with Crippen LogP contribution in [0.1, 0.15) is 25.5 Å². The molecule has 0 fully saturated rings. The minimum Gasteiger partial charge on any atom is -0.358 e. The molecule has 0 spiro atoms. The smallest absolute Gasteiger partial charge is 0.233 e. The highest BCUT2D eigenvalue weighted by Crippen LogP contribution is 2.03. The zero-order chi connectivity index (χ0) is 12.5. The summed E-state index contributed by atoms with van der Waals surface area (Å²) in [5.74, 6) is 0.0528. The molecule has 0 saturated carbocycles. The van der Waals surface area contributed by atoms with Crippen LogP contribution in [-0.2, 0) is 11.3 Å². The number of unbranched alkanes of at least 4 members (excludes halogenated alkanes) is 1. The number of carbonyl (C=O) groups excluding carboxylic acids is 1. The summed E-state index contributed by atoms with van der Waals surface area (Å²) >= 11 is 0. The van der Waals surface area contributed by atoms with Crippen molar-refractivity contribution in [3.8, 4) is 0 Å². The van der Waals surface area contributed by atoms with Crippen LogP contribution >= 0.6 is 0 Å². The Morgan fingerprint density at radius 3 is 2.88 bits per heavy atom. The first kappa shape index (κ1) is 13.6. The molecule has 0 radical (unpaired) electrons. The first-order valence-electron chi connectivity index (χ1n) is 6.09. The first-order valence-corrected chi connectivity index (χ1v) is 6.09. The molecular weight excluding hydrogens is 214 g/mol. The summed E-state index contributed by atoms with van der Waals surface area (Å²) in [5.41, 5.74) is 1.01. The van der Waals surface area contributed by atoms with E-state index >= 15 is 0 Å². The molecule has 0 unspecified atom stereocenters. The summed E-state index contributed by atoms with van der Waals surface area (Å²) in [5, 5.41) is 2.66. The van der Waals surface area contributed by atoms with Gasteiger partial charge in [0, 0.05) is 19.8 Å². The molecule has 17 heavy (non-hydrogen) atoms. The molecular formula is C13H21N3O. The Kier molecular flexibility index (Phi) is 6.25. The maximum Gasteiger partial charge on any atom is 0.233 e. The summed E-state index contributed by atoms with van der Waals surface area (Å²) in [4.78, 5) is 17.8. The van der Waals surface area contributed by atoms with Crippen LogP contribution in [0.25, 0.3) is 0 Å². The van der Waals surface area contributed by atoms with Gasteiger partial charge in [-0.05, 0) is 25.1 Å². The minimum absolute atomic E-state index is 0.0528. The highest BCUT2D eigenvalue weighted by atomic mass is 16.1. The molecule has 1 aromatic rings. The van der Waals surface area contributed by atoms with Gasteiger partial charge >= 0.3 is 0 Å². The molecule has 0 bridgehead atoms. The van der Waals surface area contributed by atoms with Crippen LogP contribution in [0.4, 0.5) is 0 Å². The Morgan fingerprint density at radius 2 is 2.29 bits per heavy atom. The van der Waals surface area contributed by atoms with Gasteiger partial charge in [0.05, 0.1) is 12.2 Å². The highest BCUT2D eigenvalue weighted by Gasteiger charge is 2.10. The van der Waals surface area contributed by atoms with Gasteiger partial charge in [-0.1, -0.05) is 19.4 Å². The normalized spacial score (nSPS) is 10.5. The van der Waals surface area contributed by atoms with E-state index in [-0.39, 0.29) is 5.91 Å².